The van der Waals surface area contributed by atoms with Crippen LogP contribution in [0.4, 0.5) is 0 Å². The fourth-order valence-electron chi connectivity index (χ4n) is 1.33. The number of rotatable bonds is 18. The van der Waals surface area contributed by atoms with Gasteiger partial charge >= 0.3 is 26.2 Å². The largest absolute Gasteiger partial charge is 3.00 e. The van der Waals surface area contributed by atoms with Crippen molar-refractivity contribution in [2.75, 3.05) is 39.6 Å². The maximum atomic E-state index is 5.20. The van der Waals surface area contributed by atoms with Crippen molar-refractivity contribution in [3.8, 4) is 0 Å². The fraction of sp³-hybridized carbons (Fsp3) is 1.00. The van der Waals surface area contributed by atoms with Gasteiger partial charge in [-0.1, -0.05) is 77.0 Å². The molecule has 0 bridgehead atoms. The van der Waals surface area contributed by atoms with Crippen LogP contribution in [-0.2, 0) is 99.3 Å². The molecule has 0 saturated carbocycles. The van der Waals surface area contributed by atoms with Gasteiger partial charge < -0.3 is 63.9 Å². The van der Waals surface area contributed by atoms with E-state index in [1.165, 1.54) is 0 Å². The first kappa shape index (κ1) is 44.7. The fourth-order valence-corrected chi connectivity index (χ4v) is 6.67. The summed E-state index contributed by atoms with van der Waals surface area (Å²) in [6.45, 7) is 15.8. The normalized spacial score (nSPS) is 11.6. The standard InChI is InChI=1S/3C6H15O2PS2.Bi/c3*1-3-5-7-9(10,11)8-6-4-2;/h3*3-6H2,1-2H3,(H,10,11);/q;;;+3/p-3. The molecular formula is C18H42BiO6P3S6. The van der Waals surface area contributed by atoms with Crippen LogP contribution in [-0.4, -0.2) is 65.8 Å². The van der Waals surface area contributed by atoms with Gasteiger partial charge in [-0.3, -0.25) is 0 Å². The van der Waals surface area contributed by atoms with Gasteiger partial charge in [0, 0.05) is 0 Å². The Bertz CT molecular complexity index is 468. The van der Waals surface area contributed by atoms with Crippen LogP contribution in [0.15, 0.2) is 0 Å². The second-order valence-corrected chi connectivity index (χ2v) is 21.3. The summed E-state index contributed by atoms with van der Waals surface area (Å²) in [4.78, 5) is 0. The van der Waals surface area contributed by atoms with Crippen molar-refractivity contribution in [2.45, 2.75) is 80.1 Å². The first-order valence-electron chi connectivity index (χ1n) is 11.2. The third-order valence-electron chi connectivity index (χ3n) is 2.72. The molecule has 2 radical (unpaired) electrons. The number of hydrogen-bond acceptors (Lipinski definition) is 12. The van der Waals surface area contributed by atoms with Crippen LogP contribution >= 0.6 is 17.1 Å². The monoisotopic (exact) mass is 848 g/mol. The van der Waals surface area contributed by atoms with Crippen molar-refractivity contribution >= 4 is 115 Å². The summed E-state index contributed by atoms with van der Waals surface area (Å²) in [5.74, 6) is 0. The van der Waals surface area contributed by atoms with Gasteiger partial charge in [-0.15, -0.1) is 0 Å². The number of hydrogen-bond donors (Lipinski definition) is 0. The molecule has 0 saturated heterocycles. The van der Waals surface area contributed by atoms with Crippen LogP contribution in [0.25, 0.3) is 0 Å². The molecule has 0 aliphatic rings. The Labute approximate surface area is 259 Å². The van der Waals surface area contributed by atoms with Gasteiger partial charge in [-0.2, -0.15) is 0 Å². The molecule has 0 heterocycles. The minimum Gasteiger partial charge on any atom is -0.691 e. The third kappa shape index (κ3) is 37.8. The van der Waals surface area contributed by atoms with Crippen LogP contribution in [0.1, 0.15) is 80.1 Å². The second-order valence-electron chi connectivity index (χ2n) is 6.34. The van der Waals surface area contributed by atoms with Crippen LogP contribution in [0, 0.1) is 0 Å². The Morgan fingerprint density at radius 3 is 0.618 bits per heavy atom. The van der Waals surface area contributed by atoms with E-state index in [0.29, 0.717) is 39.6 Å². The molecule has 0 fully saturated rings. The Kier molecular flexibility index (Phi) is 38.9. The van der Waals surface area contributed by atoms with Gasteiger partial charge in [-0.05, 0) is 38.5 Å². The molecule has 0 amide bonds. The van der Waals surface area contributed by atoms with E-state index in [0.717, 1.165) is 38.5 Å². The topological polar surface area (TPSA) is 55.4 Å². The Morgan fingerprint density at radius 2 is 0.529 bits per heavy atom. The molecule has 0 aliphatic carbocycles. The zero-order valence-electron chi connectivity index (χ0n) is 21.2. The van der Waals surface area contributed by atoms with E-state index in [9.17, 15) is 0 Å². The Hall–Kier alpha value is 3.64. The molecular weight excluding hydrogens is 806 g/mol. The van der Waals surface area contributed by atoms with Crippen molar-refractivity contribution in [3.05, 3.63) is 0 Å². The summed E-state index contributed by atoms with van der Waals surface area (Å²) in [5, 5.41) is 0. The van der Waals surface area contributed by atoms with Crippen LogP contribution in [0.2, 0.25) is 0 Å². The van der Waals surface area contributed by atoms with Crippen molar-refractivity contribution in [2.24, 2.45) is 0 Å². The maximum Gasteiger partial charge on any atom is 3.00 e. The zero-order valence-corrected chi connectivity index (χ0v) is 32.2. The molecule has 0 unspecified atom stereocenters. The van der Waals surface area contributed by atoms with Crippen molar-refractivity contribution in [1.82, 2.24) is 0 Å². The van der Waals surface area contributed by atoms with Crippen molar-refractivity contribution in [3.63, 3.8) is 0 Å². The average molecular weight is 849 g/mol. The van der Waals surface area contributed by atoms with E-state index < -0.39 is 17.1 Å². The first-order chi connectivity index (χ1) is 15.4. The summed E-state index contributed by atoms with van der Waals surface area (Å²) in [6.07, 6.45) is 5.61. The molecule has 0 aromatic carbocycles. The van der Waals surface area contributed by atoms with Crippen LogP contribution < -0.4 is 0 Å². The molecule has 0 N–H and O–H groups in total. The molecule has 6 nitrogen and oxygen atoms in total. The van der Waals surface area contributed by atoms with Crippen molar-refractivity contribution in [1.29, 1.82) is 0 Å². The summed E-state index contributed by atoms with van der Waals surface area (Å²) >= 11 is 29.7. The summed E-state index contributed by atoms with van der Waals surface area (Å²) in [7, 11) is 0. The summed E-state index contributed by atoms with van der Waals surface area (Å²) in [6, 6.07) is 0. The predicted octanol–water partition coefficient (Wildman–Crippen LogP) is 7.45. The minimum absolute atomic E-state index is 0. The first-order valence-corrected chi connectivity index (χ1v) is 22.1. The molecule has 0 spiro atoms. The maximum absolute atomic E-state index is 5.20. The second kappa shape index (κ2) is 29.6. The SMILES string of the molecule is CCCOP(=S)([S-])OCCC.CCCOP(=S)([S-])OCCC.CCCOP(=S)([S-])OCCC.[Bi+3]. The summed E-state index contributed by atoms with van der Waals surface area (Å²) < 4.78 is 31.2. The minimum atomic E-state index is -2.31. The van der Waals surface area contributed by atoms with Gasteiger partial charge in [-0.25, -0.2) is 0 Å². The van der Waals surface area contributed by atoms with E-state index in [1.807, 2.05) is 41.5 Å². The molecule has 0 rings (SSSR count). The van der Waals surface area contributed by atoms with Crippen molar-refractivity contribution < 1.29 is 27.1 Å². The third-order valence-corrected chi connectivity index (χ3v) is 9.51. The van der Waals surface area contributed by atoms with E-state index in [-0.39, 0.29) is 26.2 Å². The van der Waals surface area contributed by atoms with Crippen LogP contribution in [0.3, 0.4) is 0 Å². The predicted molar refractivity (Wildman–Crippen MR) is 168 cm³/mol. The molecule has 0 aliphatic heterocycles. The molecule has 34 heavy (non-hydrogen) atoms. The molecule has 16 heteroatoms. The molecule has 0 atom stereocenters. The Morgan fingerprint density at radius 1 is 0.412 bits per heavy atom. The van der Waals surface area contributed by atoms with Gasteiger partial charge in [0.15, 0.2) is 0 Å². The van der Waals surface area contributed by atoms with E-state index in [1.54, 1.807) is 0 Å². The smallest absolute Gasteiger partial charge is 0.691 e. The van der Waals surface area contributed by atoms with E-state index in [2.05, 4.69) is 0 Å². The molecule has 0 aromatic heterocycles. The molecule has 0 aromatic rings. The van der Waals surface area contributed by atoms with Gasteiger partial charge in [0.05, 0.1) is 56.7 Å². The average Bonchev–Trinajstić information content (AvgIpc) is 2.77. The van der Waals surface area contributed by atoms with E-state index in [4.69, 9.17) is 99.3 Å². The van der Waals surface area contributed by atoms with E-state index >= 15 is 0 Å². The summed E-state index contributed by atoms with van der Waals surface area (Å²) in [5.41, 5.74) is -6.93. The van der Waals surface area contributed by atoms with Gasteiger partial charge in [0.1, 0.15) is 0 Å². The zero-order chi connectivity index (χ0) is 26.2. The Balaban J connectivity index is -0.000000196. The van der Waals surface area contributed by atoms with Gasteiger partial charge in [0.2, 0.25) is 0 Å². The van der Waals surface area contributed by atoms with Crippen LogP contribution in [0.5, 0.6) is 0 Å². The molecule has 206 valence electrons. The quantitative estimate of drug-likeness (QED) is 0.0783. The van der Waals surface area contributed by atoms with Gasteiger partial charge in [0.25, 0.3) is 0 Å².